The summed E-state index contributed by atoms with van der Waals surface area (Å²) in [6.45, 7) is 2.73. The third kappa shape index (κ3) is 3.01. The fraction of sp³-hybridized carbons (Fsp3) is 0.200. The van der Waals surface area contributed by atoms with Gasteiger partial charge < -0.3 is 14.8 Å². The third-order valence-electron chi connectivity index (χ3n) is 4.48. The van der Waals surface area contributed by atoms with Crippen molar-refractivity contribution in [2.45, 2.75) is 13.5 Å². The maximum atomic E-state index is 12.5. The van der Waals surface area contributed by atoms with E-state index in [9.17, 15) is 4.79 Å². The van der Waals surface area contributed by atoms with Crippen molar-refractivity contribution in [3.05, 3.63) is 65.4 Å². The predicted molar refractivity (Wildman–Crippen MR) is 97.1 cm³/mol. The smallest absolute Gasteiger partial charge is 0.272 e. The molecule has 6 nitrogen and oxygen atoms in total. The Bertz CT molecular complexity index is 978. The molecule has 2 heterocycles. The third-order valence-corrected chi connectivity index (χ3v) is 4.48. The van der Waals surface area contributed by atoms with Gasteiger partial charge in [0.05, 0.1) is 5.69 Å². The van der Waals surface area contributed by atoms with E-state index in [1.807, 2.05) is 56.4 Å². The minimum absolute atomic E-state index is 0.198. The molecule has 0 aliphatic carbocycles. The molecule has 1 aliphatic rings. The van der Waals surface area contributed by atoms with Gasteiger partial charge in [0.25, 0.3) is 5.91 Å². The van der Waals surface area contributed by atoms with E-state index in [2.05, 4.69) is 10.4 Å². The lowest BCUT2D eigenvalue weighted by Crippen LogP contribution is -2.23. The first-order valence-electron chi connectivity index (χ1n) is 8.38. The van der Waals surface area contributed by atoms with Crippen LogP contribution in [-0.4, -0.2) is 22.5 Å². The Balaban J connectivity index is 1.52. The number of rotatable bonds is 4. The summed E-state index contributed by atoms with van der Waals surface area (Å²) in [7, 11) is 1.82. The summed E-state index contributed by atoms with van der Waals surface area (Å²) >= 11 is 0. The number of carbonyl (C=O) groups is 1. The first kappa shape index (κ1) is 16.2. The van der Waals surface area contributed by atoms with Crippen LogP contribution in [0.4, 0.5) is 0 Å². The molecule has 0 bridgehead atoms. The molecule has 6 heteroatoms. The standard InChI is InChI=1S/C20H19N3O3/c1-13-5-3-4-6-15(13)11-21-20(24)16-10-17(23(2)22-16)14-7-8-18-19(9-14)26-12-25-18/h3-10H,11-12H2,1-2H3,(H,21,24). The summed E-state index contributed by atoms with van der Waals surface area (Å²) in [5.74, 6) is 1.23. The van der Waals surface area contributed by atoms with Crippen molar-refractivity contribution in [2.24, 2.45) is 7.05 Å². The van der Waals surface area contributed by atoms with Crippen LogP contribution >= 0.6 is 0 Å². The Morgan fingerprint density at radius 3 is 2.81 bits per heavy atom. The van der Waals surface area contributed by atoms with Gasteiger partial charge in [-0.15, -0.1) is 0 Å². The van der Waals surface area contributed by atoms with E-state index in [-0.39, 0.29) is 12.7 Å². The SMILES string of the molecule is Cc1ccccc1CNC(=O)c1cc(-c2ccc3c(c2)OCO3)n(C)n1. The topological polar surface area (TPSA) is 65.4 Å². The second-order valence-electron chi connectivity index (χ2n) is 6.22. The van der Waals surface area contributed by atoms with Crippen molar-refractivity contribution < 1.29 is 14.3 Å². The van der Waals surface area contributed by atoms with Gasteiger partial charge in [-0.2, -0.15) is 5.10 Å². The van der Waals surface area contributed by atoms with Gasteiger partial charge in [0.2, 0.25) is 6.79 Å². The molecule has 0 spiro atoms. The van der Waals surface area contributed by atoms with Gasteiger partial charge in [0, 0.05) is 19.2 Å². The minimum Gasteiger partial charge on any atom is -0.454 e. The van der Waals surface area contributed by atoms with Crippen LogP contribution in [0.15, 0.2) is 48.5 Å². The average molecular weight is 349 g/mol. The monoisotopic (exact) mass is 349 g/mol. The van der Waals surface area contributed by atoms with Crippen LogP contribution < -0.4 is 14.8 Å². The zero-order valence-electron chi connectivity index (χ0n) is 14.7. The molecule has 2 aromatic carbocycles. The number of fused-ring (bicyclic) bond motifs is 1. The molecule has 1 aromatic heterocycles. The molecule has 4 rings (SSSR count). The molecular formula is C20H19N3O3. The van der Waals surface area contributed by atoms with Gasteiger partial charge in [-0.1, -0.05) is 24.3 Å². The fourth-order valence-corrected chi connectivity index (χ4v) is 2.98. The Hall–Kier alpha value is -3.28. The highest BCUT2D eigenvalue weighted by molar-refractivity contribution is 5.93. The minimum atomic E-state index is -0.198. The molecular weight excluding hydrogens is 330 g/mol. The van der Waals surface area contributed by atoms with Gasteiger partial charge in [-0.05, 0) is 42.3 Å². The zero-order chi connectivity index (χ0) is 18.1. The number of aryl methyl sites for hydroxylation is 2. The summed E-state index contributed by atoms with van der Waals surface area (Å²) < 4.78 is 12.5. The van der Waals surface area contributed by atoms with Crippen LogP contribution in [-0.2, 0) is 13.6 Å². The molecule has 0 atom stereocenters. The van der Waals surface area contributed by atoms with E-state index >= 15 is 0 Å². The quantitative estimate of drug-likeness (QED) is 0.786. The number of aromatic nitrogens is 2. The number of nitrogens with zero attached hydrogens (tertiary/aromatic N) is 2. The lowest BCUT2D eigenvalue weighted by Gasteiger charge is -2.06. The van der Waals surface area contributed by atoms with Crippen LogP contribution in [0.1, 0.15) is 21.6 Å². The van der Waals surface area contributed by atoms with Gasteiger partial charge >= 0.3 is 0 Å². The number of amides is 1. The Morgan fingerprint density at radius 1 is 1.15 bits per heavy atom. The van der Waals surface area contributed by atoms with Crippen molar-refractivity contribution in [3.8, 4) is 22.8 Å². The van der Waals surface area contributed by atoms with Crippen LogP contribution in [0.25, 0.3) is 11.3 Å². The van der Waals surface area contributed by atoms with E-state index in [0.717, 1.165) is 28.1 Å². The normalized spacial score (nSPS) is 12.2. The van der Waals surface area contributed by atoms with Gasteiger partial charge in [0.1, 0.15) is 0 Å². The van der Waals surface area contributed by atoms with E-state index < -0.39 is 0 Å². The molecule has 0 saturated heterocycles. The molecule has 26 heavy (non-hydrogen) atoms. The molecule has 0 fully saturated rings. The number of hydrogen-bond donors (Lipinski definition) is 1. The van der Waals surface area contributed by atoms with Gasteiger partial charge in [-0.3, -0.25) is 9.48 Å². The Morgan fingerprint density at radius 2 is 1.96 bits per heavy atom. The number of carbonyl (C=O) groups excluding carboxylic acids is 1. The Labute approximate surface area is 151 Å². The predicted octanol–water partition coefficient (Wildman–Crippen LogP) is 3.05. The second kappa shape index (κ2) is 6.55. The number of hydrogen-bond acceptors (Lipinski definition) is 4. The number of ether oxygens (including phenoxy) is 2. The van der Waals surface area contributed by atoms with Crippen LogP contribution in [0.5, 0.6) is 11.5 Å². The lowest BCUT2D eigenvalue weighted by atomic mass is 10.1. The highest BCUT2D eigenvalue weighted by atomic mass is 16.7. The van der Waals surface area contributed by atoms with Crippen molar-refractivity contribution in [2.75, 3.05) is 6.79 Å². The number of nitrogens with one attached hydrogen (secondary N) is 1. The van der Waals surface area contributed by atoms with Crippen molar-refractivity contribution in [3.63, 3.8) is 0 Å². The highest BCUT2D eigenvalue weighted by Gasteiger charge is 2.18. The molecule has 0 unspecified atom stereocenters. The van der Waals surface area contributed by atoms with E-state index in [1.54, 1.807) is 10.7 Å². The zero-order valence-corrected chi connectivity index (χ0v) is 14.7. The first-order chi connectivity index (χ1) is 12.6. The molecule has 1 N–H and O–H groups in total. The maximum absolute atomic E-state index is 12.5. The summed E-state index contributed by atoms with van der Waals surface area (Å²) in [4.78, 5) is 12.5. The van der Waals surface area contributed by atoms with Crippen molar-refractivity contribution >= 4 is 5.91 Å². The molecule has 0 radical (unpaired) electrons. The van der Waals surface area contributed by atoms with Crippen LogP contribution in [0.3, 0.4) is 0 Å². The van der Waals surface area contributed by atoms with Gasteiger partial charge in [-0.25, -0.2) is 0 Å². The summed E-state index contributed by atoms with van der Waals surface area (Å²) in [5.41, 5.74) is 4.38. The number of benzene rings is 2. The highest BCUT2D eigenvalue weighted by Crippen LogP contribution is 2.35. The average Bonchev–Trinajstić information content (AvgIpc) is 3.26. The summed E-state index contributed by atoms with van der Waals surface area (Å²) in [6, 6.07) is 15.5. The van der Waals surface area contributed by atoms with E-state index in [4.69, 9.17) is 9.47 Å². The lowest BCUT2D eigenvalue weighted by molar-refractivity contribution is 0.0945. The molecule has 132 valence electrons. The fourth-order valence-electron chi connectivity index (χ4n) is 2.98. The molecule has 1 amide bonds. The van der Waals surface area contributed by atoms with E-state index in [0.29, 0.717) is 18.0 Å². The first-order valence-corrected chi connectivity index (χ1v) is 8.38. The van der Waals surface area contributed by atoms with Crippen LogP contribution in [0.2, 0.25) is 0 Å². The maximum Gasteiger partial charge on any atom is 0.272 e. The van der Waals surface area contributed by atoms with Crippen LogP contribution in [0, 0.1) is 6.92 Å². The molecule has 0 saturated carbocycles. The largest absolute Gasteiger partial charge is 0.454 e. The molecule has 1 aliphatic heterocycles. The van der Waals surface area contributed by atoms with Crippen molar-refractivity contribution in [1.82, 2.24) is 15.1 Å². The van der Waals surface area contributed by atoms with Gasteiger partial charge in [0.15, 0.2) is 17.2 Å². The summed E-state index contributed by atoms with van der Waals surface area (Å²) in [5, 5.41) is 7.28. The van der Waals surface area contributed by atoms with E-state index in [1.165, 1.54) is 0 Å². The van der Waals surface area contributed by atoms with Crippen molar-refractivity contribution in [1.29, 1.82) is 0 Å². The Kier molecular flexibility index (Phi) is 4.08. The summed E-state index contributed by atoms with van der Waals surface area (Å²) in [6.07, 6.45) is 0. The molecule has 3 aromatic rings. The second-order valence-corrected chi connectivity index (χ2v) is 6.22.